The number of thiazole rings is 2. The summed E-state index contributed by atoms with van der Waals surface area (Å²) >= 11 is 4.30. The number of carbonyl (C=O) groups excluding carboxylic acids is 1. The largest absolute Gasteiger partial charge is 0.296 e. The normalized spacial score (nSPS) is 10.8. The lowest BCUT2D eigenvalue weighted by atomic mass is 10.2. The highest BCUT2D eigenvalue weighted by atomic mass is 32.1. The molecule has 3 heterocycles. The molecule has 3 aromatic heterocycles. The molecule has 8 heteroatoms. The molecular weight excluding hydrogens is 377 g/mol. The molecule has 1 N–H and O–H groups in total. The molecule has 0 fully saturated rings. The van der Waals surface area contributed by atoms with Gasteiger partial charge >= 0.3 is 0 Å². The summed E-state index contributed by atoms with van der Waals surface area (Å²) in [4.78, 5) is 21.0. The molecule has 0 saturated carbocycles. The van der Waals surface area contributed by atoms with Gasteiger partial charge in [0.2, 0.25) is 0 Å². The van der Waals surface area contributed by atoms with Crippen molar-refractivity contribution in [3.63, 3.8) is 0 Å². The molecule has 4 nitrogen and oxygen atoms in total. The highest BCUT2D eigenvalue weighted by Gasteiger charge is 2.14. The molecule has 0 saturated heterocycles. The van der Waals surface area contributed by atoms with Gasteiger partial charge in [-0.2, -0.15) is 11.3 Å². The van der Waals surface area contributed by atoms with Gasteiger partial charge in [-0.1, -0.05) is 12.1 Å². The van der Waals surface area contributed by atoms with Crippen molar-refractivity contribution in [2.75, 3.05) is 5.32 Å². The van der Waals surface area contributed by atoms with Crippen LogP contribution >= 0.6 is 34.0 Å². The summed E-state index contributed by atoms with van der Waals surface area (Å²) in [6.07, 6.45) is 0. The van der Waals surface area contributed by atoms with E-state index in [2.05, 4.69) is 15.3 Å². The van der Waals surface area contributed by atoms with E-state index in [9.17, 15) is 9.18 Å². The van der Waals surface area contributed by atoms with Crippen LogP contribution < -0.4 is 5.32 Å². The Morgan fingerprint density at radius 3 is 2.76 bits per heavy atom. The van der Waals surface area contributed by atoms with Crippen molar-refractivity contribution < 1.29 is 9.18 Å². The lowest BCUT2D eigenvalue weighted by molar-refractivity contribution is 0.102. The number of aromatic nitrogens is 2. The predicted octanol–water partition coefficient (Wildman–Crippen LogP) is 5.39. The van der Waals surface area contributed by atoms with Crippen molar-refractivity contribution >= 4 is 45.0 Å². The molecule has 0 radical (unpaired) electrons. The number of thiophene rings is 1. The van der Waals surface area contributed by atoms with Crippen molar-refractivity contribution in [1.29, 1.82) is 0 Å². The Morgan fingerprint density at radius 1 is 1.04 bits per heavy atom. The Kier molecular flexibility index (Phi) is 4.39. The van der Waals surface area contributed by atoms with Crippen molar-refractivity contribution in [2.45, 2.75) is 0 Å². The summed E-state index contributed by atoms with van der Waals surface area (Å²) in [5.41, 5.74) is 2.66. The minimum absolute atomic E-state index is 0.308. The maximum atomic E-state index is 13.3. The minimum Gasteiger partial charge on any atom is -0.296 e. The second-order valence-electron chi connectivity index (χ2n) is 5.05. The molecule has 4 aromatic rings. The number of nitrogens with zero attached hydrogens (tertiary/aromatic N) is 2. The zero-order valence-electron chi connectivity index (χ0n) is 12.6. The van der Waals surface area contributed by atoms with E-state index in [-0.39, 0.29) is 11.7 Å². The van der Waals surface area contributed by atoms with Crippen molar-refractivity contribution in [3.05, 3.63) is 63.4 Å². The molecule has 4 rings (SSSR count). The van der Waals surface area contributed by atoms with E-state index in [1.54, 1.807) is 34.2 Å². The third-order valence-electron chi connectivity index (χ3n) is 3.35. The highest BCUT2D eigenvalue weighted by molar-refractivity contribution is 7.14. The van der Waals surface area contributed by atoms with E-state index < -0.39 is 0 Å². The molecule has 1 aromatic carbocycles. The van der Waals surface area contributed by atoms with Gasteiger partial charge in [0.05, 0.1) is 5.69 Å². The SMILES string of the molecule is O=C(Nc1nc(-c2cccc(F)c2)cs1)c1csc(-c2ccsc2)n1. The second kappa shape index (κ2) is 6.83. The van der Waals surface area contributed by atoms with Crippen LogP contribution in [0.2, 0.25) is 0 Å². The van der Waals surface area contributed by atoms with Gasteiger partial charge in [-0.15, -0.1) is 22.7 Å². The Labute approximate surface area is 154 Å². The average Bonchev–Trinajstić information content (AvgIpc) is 3.35. The minimum atomic E-state index is -0.320. The molecule has 0 unspecified atom stereocenters. The van der Waals surface area contributed by atoms with Crippen LogP contribution in [0.25, 0.3) is 21.8 Å². The average molecular weight is 387 g/mol. The van der Waals surface area contributed by atoms with Gasteiger partial charge < -0.3 is 0 Å². The van der Waals surface area contributed by atoms with E-state index in [0.29, 0.717) is 22.1 Å². The number of carbonyl (C=O) groups is 1. The van der Waals surface area contributed by atoms with E-state index in [4.69, 9.17) is 0 Å². The molecule has 124 valence electrons. The first-order valence-corrected chi connectivity index (χ1v) is 9.90. The van der Waals surface area contributed by atoms with Gasteiger partial charge in [0.25, 0.3) is 5.91 Å². The fourth-order valence-corrected chi connectivity index (χ4v) is 4.40. The van der Waals surface area contributed by atoms with Crippen molar-refractivity contribution in [2.24, 2.45) is 0 Å². The van der Waals surface area contributed by atoms with Gasteiger partial charge in [-0.25, -0.2) is 14.4 Å². The molecule has 0 bridgehead atoms. The van der Waals surface area contributed by atoms with E-state index in [1.165, 1.54) is 34.8 Å². The molecule has 1 amide bonds. The maximum absolute atomic E-state index is 13.3. The summed E-state index contributed by atoms with van der Waals surface area (Å²) in [6, 6.07) is 8.16. The second-order valence-corrected chi connectivity index (χ2v) is 7.55. The van der Waals surface area contributed by atoms with Gasteiger partial charge in [0.15, 0.2) is 5.13 Å². The molecule has 0 spiro atoms. The lowest BCUT2D eigenvalue weighted by Crippen LogP contribution is -2.12. The van der Waals surface area contributed by atoms with E-state index in [0.717, 1.165) is 10.6 Å². The smallest absolute Gasteiger partial charge is 0.276 e. The van der Waals surface area contributed by atoms with Gasteiger partial charge in [0.1, 0.15) is 16.5 Å². The first kappa shape index (κ1) is 16.1. The number of halogens is 1. The molecule has 0 aliphatic rings. The molecular formula is C17H10FN3OS3. The van der Waals surface area contributed by atoms with Crippen LogP contribution in [0.5, 0.6) is 0 Å². The zero-order valence-corrected chi connectivity index (χ0v) is 15.1. The summed E-state index contributed by atoms with van der Waals surface area (Å²) in [6.45, 7) is 0. The first-order chi connectivity index (χ1) is 12.2. The van der Waals surface area contributed by atoms with Crippen LogP contribution in [0, 0.1) is 5.82 Å². The summed E-state index contributed by atoms with van der Waals surface area (Å²) < 4.78 is 13.3. The maximum Gasteiger partial charge on any atom is 0.276 e. The van der Waals surface area contributed by atoms with Gasteiger partial charge in [-0.3, -0.25) is 10.1 Å². The number of hydrogen-bond donors (Lipinski definition) is 1. The third-order valence-corrected chi connectivity index (χ3v) is 5.68. The van der Waals surface area contributed by atoms with E-state index >= 15 is 0 Å². The molecule has 0 aliphatic heterocycles. The van der Waals surface area contributed by atoms with Crippen LogP contribution in [-0.2, 0) is 0 Å². The van der Waals surface area contributed by atoms with Crippen LogP contribution in [0.3, 0.4) is 0 Å². The van der Waals surface area contributed by atoms with Crippen LogP contribution in [0.4, 0.5) is 9.52 Å². The van der Waals surface area contributed by atoms with Crippen LogP contribution in [0.1, 0.15) is 10.5 Å². The summed E-state index contributed by atoms with van der Waals surface area (Å²) in [5.74, 6) is -0.627. The number of amides is 1. The summed E-state index contributed by atoms with van der Waals surface area (Å²) in [5, 5.41) is 11.5. The van der Waals surface area contributed by atoms with Crippen molar-refractivity contribution in [3.8, 4) is 21.8 Å². The Hall–Kier alpha value is -2.42. The standard InChI is InChI=1S/C17H10FN3OS3/c18-12-3-1-2-10(6-12)13-8-25-17(20-13)21-15(22)14-9-24-16(19-14)11-4-5-23-7-11/h1-9H,(H,20,21,22). The van der Waals surface area contributed by atoms with Gasteiger partial charge in [0, 0.05) is 27.3 Å². The fraction of sp³-hybridized carbons (Fsp3) is 0. The van der Waals surface area contributed by atoms with Crippen molar-refractivity contribution in [1.82, 2.24) is 9.97 Å². The van der Waals surface area contributed by atoms with Crippen LogP contribution in [0.15, 0.2) is 51.9 Å². The quantitative estimate of drug-likeness (QED) is 0.511. The molecule has 25 heavy (non-hydrogen) atoms. The Morgan fingerprint density at radius 2 is 1.96 bits per heavy atom. The number of hydrogen-bond acceptors (Lipinski definition) is 6. The van der Waals surface area contributed by atoms with E-state index in [1.807, 2.05) is 16.8 Å². The first-order valence-electron chi connectivity index (χ1n) is 7.20. The molecule has 0 atom stereocenters. The molecule has 0 aliphatic carbocycles. The number of benzene rings is 1. The number of anilines is 1. The van der Waals surface area contributed by atoms with Gasteiger partial charge in [-0.05, 0) is 23.6 Å². The Bertz CT molecular complexity index is 1020. The zero-order chi connectivity index (χ0) is 17.2. The van der Waals surface area contributed by atoms with Crippen LogP contribution in [-0.4, -0.2) is 15.9 Å². The number of rotatable bonds is 4. The highest BCUT2D eigenvalue weighted by Crippen LogP contribution is 2.28. The predicted molar refractivity (Wildman–Crippen MR) is 101 cm³/mol. The lowest BCUT2D eigenvalue weighted by Gasteiger charge is -1.98. The Balaban J connectivity index is 1.50. The third kappa shape index (κ3) is 3.51. The summed E-state index contributed by atoms with van der Waals surface area (Å²) in [7, 11) is 0. The topological polar surface area (TPSA) is 54.9 Å². The monoisotopic (exact) mass is 387 g/mol. The fourth-order valence-electron chi connectivity index (χ4n) is 2.17. The number of nitrogens with one attached hydrogen (secondary N) is 1.